The lowest BCUT2D eigenvalue weighted by Crippen LogP contribution is -2.47. The third kappa shape index (κ3) is 4.89. The van der Waals surface area contributed by atoms with Crippen molar-refractivity contribution in [3.8, 4) is 0 Å². The van der Waals surface area contributed by atoms with E-state index in [0.29, 0.717) is 12.1 Å². The lowest BCUT2D eigenvalue weighted by atomic mass is 9.98. The monoisotopic (exact) mass is 254 g/mol. The minimum atomic E-state index is 0.603. The molecule has 1 saturated heterocycles. The Balaban J connectivity index is 2.52. The van der Waals surface area contributed by atoms with Gasteiger partial charge in [-0.25, -0.2) is 0 Å². The van der Waals surface area contributed by atoms with Crippen LogP contribution in [0.4, 0.5) is 0 Å². The molecule has 0 amide bonds. The summed E-state index contributed by atoms with van der Waals surface area (Å²) < 4.78 is 0. The molecule has 0 saturated carbocycles. The molecule has 0 aromatic heterocycles. The van der Waals surface area contributed by atoms with Gasteiger partial charge in [-0.2, -0.15) is 0 Å². The standard InChI is InChI=1S/C16H34N2/c1-6-16-10-8-7-9-11-18(16)15(5)14(4)12-17-13(2)3/h13-17H,6-12H2,1-5H3. The summed E-state index contributed by atoms with van der Waals surface area (Å²) in [6.07, 6.45) is 6.98. The number of hydrogen-bond donors (Lipinski definition) is 1. The highest BCUT2D eigenvalue weighted by atomic mass is 15.2. The summed E-state index contributed by atoms with van der Waals surface area (Å²) in [5.74, 6) is 0.736. The third-order valence-corrected chi connectivity index (χ3v) is 4.59. The quantitative estimate of drug-likeness (QED) is 0.778. The van der Waals surface area contributed by atoms with Crippen molar-refractivity contribution >= 4 is 0 Å². The number of nitrogens with one attached hydrogen (secondary N) is 1. The average molecular weight is 254 g/mol. The van der Waals surface area contributed by atoms with Gasteiger partial charge in [0.25, 0.3) is 0 Å². The predicted octanol–water partition coefficient (Wildman–Crippen LogP) is 3.66. The maximum absolute atomic E-state index is 3.59. The van der Waals surface area contributed by atoms with Crippen LogP contribution in [0.25, 0.3) is 0 Å². The lowest BCUT2D eigenvalue weighted by molar-refractivity contribution is 0.105. The summed E-state index contributed by atoms with van der Waals surface area (Å²) in [6, 6.07) is 2.13. The second-order valence-electron chi connectivity index (χ2n) is 6.43. The minimum absolute atomic E-state index is 0.603. The highest BCUT2D eigenvalue weighted by Gasteiger charge is 2.26. The van der Waals surface area contributed by atoms with Gasteiger partial charge in [0, 0.05) is 18.1 Å². The Morgan fingerprint density at radius 3 is 2.44 bits per heavy atom. The van der Waals surface area contributed by atoms with Gasteiger partial charge in [-0.15, -0.1) is 0 Å². The van der Waals surface area contributed by atoms with Gasteiger partial charge in [0.2, 0.25) is 0 Å². The van der Waals surface area contributed by atoms with E-state index in [1.54, 1.807) is 0 Å². The second kappa shape index (κ2) is 8.16. The van der Waals surface area contributed by atoms with E-state index in [1.807, 2.05) is 0 Å². The summed E-state index contributed by atoms with van der Waals surface area (Å²) >= 11 is 0. The van der Waals surface area contributed by atoms with Crippen LogP contribution in [-0.4, -0.2) is 36.1 Å². The Bertz CT molecular complexity index is 215. The Morgan fingerprint density at radius 2 is 1.83 bits per heavy atom. The molecule has 3 atom stereocenters. The molecule has 2 heteroatoms. The predicted molar refractivity (Wildman–Crippen MR) is 81.0 cm³/mol. The van der Waals surface area contributed by atoms with Crippen molar-refractivity contribution in [1.29, 1.82) is 0 Å². The molecule has 1 aliphatic rings. The lowest BCUT2D eigenvalue weighted by Gasteiger charge is -2.38. The van der Waals surface area contributed by atoms with E-state index in [-0.39, 0.29) is 0 Å². The highest BCUT2D eigenvalue weighted by molar-refractivity contribution is 4.82. The Kier molecular flexibility index (Phi) is 7.25. The molecule has 1 N–H and O–H groups in total. The molecule has 0 aliphatic carbocycles. The molecule has 1 fully saturated rings. The van der Waals surface area contributed by atoms with Crippen molar-refractivity contribution in [1.82, 2.24) is 10.2 Å². The molecule has 108 valence electrons. The van der Waals surface area contributed by atoms with Crippen LogP contribution in [0.5, 0.6) is 0 Å². The Labute approximate surface area is 115 Å². The molecule has 0 radical (unpaired) electrons. The van der Waals surface area contributed by atoms with Crippen molar-refractivity contribution in [2.75, 3.05) is 13.1 Å². The van der Waals surface area contributed by atoms with Crippen molar-refractivity contribution in [3.05, 3.63) is 0 Å². The van der Waals surface area contributed by atoms with Crippen LogP contribution in [0.3, 0.4) is 0 Å². The fraction of sp³-hybridized carbons (Fsp3) is 1.00. The molecule has 1 aliphatic heterocycles. The first-order valence-corrected chi connectivity index (χ1v) is 8.05. The van der Waals surface area contributed by atoms with Crippen LogP contribution >= 0.6 is 0 Å². The molecule has 3 unspecified atom stereocenters. The SMILES string of the molecule is CCC1CCCCCN1C(C)C(C)CNC(C)C. The van der Waals surface area contributed by atoms with Crippen LogP contribution in [-0.2, 0) is 0 Å². The van der Waals surface area contributed by atoms with E-state index >= 15 is 0 Å². The van der Waals surface area contributed by atoms with E-state index in [1.165, 1.54) is 38.6 Å². The first-order chi connectivity index (χ1) is 8.56. The summed E-state index contributed by atoms with van der Waals surface area (Å²) in [6.45, 7) is 14.1. The molecular weight excluding hydrogens is 220 g/mol. The molecule has 2 nitrogen and oxygen atoms in total. The first-order valence-electron chi connectivity index (χ1n) is 8.05. The van der Waals surface area contributed by atoms with E-state index in [0.717, 1.165) is 18.5 Å². The van der Waals surface area contributed by atoms with Crippen molar-refractivity contribution in [3.63, 3.8) is 0 Å². The summed E-state index contributed by atoms with van der Waals surface area (Å²) in [7, 11) is 0. The normalized spacial score (nSPS) is 26.0. The highest BCUT2D eigenvalue weighted by Crippen LogP contribution is 2.24. The zero-order valence-corrected chi connectivity index (χ0v) is 13.2. The maximum atomic E-state index is 3.59. The summed E-state index contributed by atoms with van der Waals surface area (Å²) in [5.41, 5.74) is 0. The topological polar surface area (TPSA) is 15.3 Å². The molecule has 1 heterocycles. The Morgan fingerprint density at radius 1 is 1.11 bits per heavy atom. The smallest absolute Gasteiger partial charge is 0.0108 e. The largest absolute Gasteiger partial charge is 0.314 e. The van der Waals surface area contributed by atoms with Gasteiger partial charge in [-0.3, -0.25) is 4.90 Å². The van der Waals surface area contributed by atoms with Crippen LogP contribution in [0.1, 0.15) is 66.7 Å². The number of likely N-dealkylation sites (tertiary alicyclic amines) is 1. The minimum Gasteiger partial charge on any atom is -0.314 e. The van der Waals surface area contributed by atoms with Crippen molar-refractivity contribution in [2.45, 2.75) is 84.8 Å². The summed E-state index contributed by atoms with van der Waals surface area (Å²) in [5, 5.41) is 3.59. The van der Waals surface area contributed by atoms with Crippen molar-refractivity contribution < 1.29 is 0 Å². The molecule has 18 heavy (non-hydrogen) atoms. The van der Waals surface area contributed by atoms with Gasteiger partial charge >= 0.3 is 0 Å². The zero-order valence-electron chi connectivity index (χ0n) is 13.2. The van der Waals surface area contributed by atoms with Gasteiger partial charge in [-0.1, -0.05) is 40.5 Å². The molecule has 0 bridgehead atoms. The molecule has 1 rings (SSSR count). The van der Waals surface area contributed by atoms with Gasteiger partial charge in [0.15, 0.2) is 0 Å². The van der Waals surface area contributed by atoms with E-state index in [2.05, 4.69) is 44.8 Å². The van der Waals surface area contributed by atoms with Gasteiger partial charge < -0.3 is 5.32 Å². The average Bonchev–Trinajstić information content (AvgIpc) is 2.59. The first kappa shape index (κ1) is 16.0. The fourth-order valence-corrected chi connectivity index (χ4v) is 3.09. The van der Waals surface area contributed by atoms with Crippen LogP contribution < -0.4 is 5.32 Å². The van der Waals surface area contributed by atoms with Crippen LogP contribution in [0.15, 0.2) is 0 Å². The molecule has 0 aromatic rings. The molecule has 0 aromatic carbocycles. The zero-order chi connectivity index (χ0) is 13.5. The maximum Gasteiger partial charge on any atom is 0.0108 e. The Hall–Kier alpha value is -0.0800. The fourth-order valence-electron chi connectivity index (χ4n) is 3.09. The van der Waals surface area contributed by atoms with E-state index in [4.69, 9.17) is 0 Å². The van der Waals surface area contributed by atoms with Gasteiger partial charge in [0.05, 0.1) is 0 Å². The summed E-state index contributed by atoms with van der Waals surface area (Å²) in [4.78, 5) is 2.79. The number of rotatable bonds is 6. The van der Waals surface area contributed by atoms with Gasteiger partial charge in [-0.05, 0) is 45.2 Å². The molecule has 0 spiro atoms. The van der Waals surface area contributed by atoms with Crippen LogP contribution in [0, 0.1) is 5.92 Å². The molecular formula is C16H34N2. The number of nitrogens with zero attached hydrogens (tertiary/aromatic N) is 1. The van der Waals surface area contributed by atoms with Gasteiger partial charge in [0.1, 0.15) is 0 Å². The van der Waals surface area contributed by atoms with E-state index < -0.39 is 0 Å². The number of hydrogen-bond acceptors (Lipinski definition) is 2. The van der Waals surface area contributed by atoms with E-state index in [9.17, 15) is 0 Å². The second-order valence-corrected chi connectivity index (χ2v) is 6.43. The van der Waals surface area contributed by atoms with Crippen molar-refractivity contribution in [2.24, 2.45) is 5.92 Å². The third-order valence-electron chi connectivity index (χ3n) is 4.59. The van der Waals surface area contributed by atoms with Crippen LogP contribution in [0.2, 0.25) is 0 Å².